The minimum atomic E-state index is -0.509. The Morgan fingerprint density at radius 3 is 2.75 bits per heavy atom. The molecule has 1 amide bonds. The first kappa shape index (κ1) is 17.0. The van der Waals surface area contributed by atoms with E-state index in [2.05, 4.69) is 17.2 Å². The molecule has 0 bridgehead atoms. The molecule has 1 saturated heterocycles. The predicted molar refractivity (Wildman–Crippen MR) is 91.4 cm³/mol. The maximum Gasteiger partial charge on any atom is 0.407 e. The summed E-state index contributed by atoms with van der Waals surface area (Å²) in [5.41, 5.74) is 6.98. The third-order valence-corrected chi connectivity index (χ3v) is 4.96. The van der Waals surface area contributed by atoms with E-state index >= 15 is 0 Å². The number of carbonyl (C=O) groups is 1. The molecule has 24 heavy (non-hydrogen) atoms. The van der Waals surface area contributed by atoms with Gasteiger partial charge < -0.3 is 20.5 Å². The summed E-state index contributed by atoms with van der Waals surface area (Å²) in [6.45, 7) is 7.73. The van der Waals surface area contributed by atoms with E-state index in [4.69, 9.17) is 15.2 Å². The van der Waals surface area contributed by atoms with Gasteiger partial charge in [-0.3, -0.25) is 4.98 Å². The first-order valence-electron chi connectivity index (χ1n) is 8.57. The van der Waals surface area contributed by atoms with Gasteiger partial charge in [-0.25, -0.2) is 4.79 Å². The zero-order valence-electron chi connectivity index (χ0n) is 14.8. The van der Waals surface area contributed by atoms with Crippen LogP contribution in [0.5, 0.6) is 0 Å². The van der Waals surface area contributed by atoms with Crippen molar-refractivity contribution in [1.29, 1.82) is 0 Å². The summed E-state index contributed by atoms with van der Waals surface area (Å²) < 4.78 is 11.8. The number of alkyl carbamates (subject to hydrolysis) is 1. The third kappa shape index (κ3) is 3.48. The van der Waals surface area contributed by atoms with Crippen LogP contribution in [-0.4, -0.2) is 28.3 Å². The van der Waals surface area contributed by atoms with Crippen LogP contribution in [0, 0.1) is 5.92 Å². The van der Waals surface area contributed by atoms with E-state index in [1.54, 1.807) is 12.4 Å². The van der Waals surface area contributed by atoms with Gasteiger partial charge in [-0.05, 0) is 46.1 Å². The summed E-state index contributed by atoms with van der Waals surface area (Å²) in [4.78, 5) is 16.2. The molecule has 0 unspecified atom stereocenters. The van der Waals surface area contributed by atoms with Crippen LogP contribution < -0.4 is 11.1 Å². The Bertz CT molecular complexity index is 622. The Balaban J connectivity index is 1.76. The van der Waals surface area contributed by atoms with Gasteiger partial charge in [-0.15, -0.1) is 0 Å². The van der Waals surface area contributed by atoms with Gasteiger partial charge in [0.25, 0.3) is 0 Å². The minimum Gasteiger partial charge on any atom is -0.444 e. The number of nitrogens with two attached hydrogens (primary N) is 1. The normalized spacial score (nSPS) is 28.4. The second kappa shape index (κ2) is 5.92. The van der Waals surface area contributed by atoms with Gasteiger partial charge in [-0.2, -0.15) is 0 Å². The van der Waals surface area contributed by atoms with E-state index in [0.29, 0.717) is 12.1 Å². The Kier molecular flexibility index (Phi) is 4.20. The number of aromatic nitrogens is 1. The van der Waals surface area contributed by atoms with E-state index in [1.165, 1.54) is 0 Å². The van der Waals surface area contributed by atoms with Gasteiger partial charge in [0.2, 0.25) is 0 Å². The number of anilines is 1. The molecule has 6 nitrogen and oxygen atoms in total. The Morgan fingerprint density at radius 2 is 2.17 bits per heavy atom. The molecule has 1 saturated carbocycles. The fourth-order valence-corrected chi connectivity index (χ4v) is 3.48. The number of ether oxygens (including phenoxy) is 2. The first-order valence-corrected chi connectivity index (χ1v) is 8.57. The standard InChI is InChI=1S/C18H27N3O3/c1-11-14(21-16(22)24-17(2,3)4)9-15(23-18(11)6-7-18)12-5-8-20-10-13(12)19/h5,8,10-11,14-15H,6-7,9,19H2,1-4H3,(H,21,22)/t11-,14-,15-/m1/s1. The van der Waals surface area contributed by atoms with Crippen molar-refractivity contribution in [1.82, 2.24) is 10.3 Å². The molecule has 1 aliphatic carbocycles. The van der Waals surface area contributed by atoms with Crippen molar-refractivity contribution in [2.24, 2.45) is 5.92 Å². The molecule has 1 aliphatic heterocycles. The summed E-state index contributed by atoms with van der Waals surface area (Å²) >= 11 is 0. The number of carbonyl (C=O) groups excluding carboxylic acids is 1. The van der Waals surface area contributed by atoms with Crippen molar-refractivity contribution in [3.63, 3.8) is 0 Å². The zero-order valence-corrected chi connectivity index (χ0v) is 14.8. The lowest BCUT2D eigenvalue weighted by molar-refractivity contribution is -0.112. The van der Waals surface area contributed by atoms with Gasteiger partial charge in [0.15, 0.2) is 0 Å². The fourth-order valence-electron chi connectivity index (χ4n) is 3.48. The summed E-state index contributed by atoms with van der Waals surface area (Å²) in [6.07, 6.45) is 5.57. The third-order valence-electron chi connectivity index (χ3n) is 4.96. The molecule has 3 rings (SSSR count). The van der Waals surface area contributed by atoms with E-state index in [1.807, 2.05) is 26.8 Å². The lowest BCUT2D eigenvalue weighted by atomic mass is 9.84. The Hall–Kier alpha value is -1.82. The predicted octanol–water partition coefficient (Wildman–Crippen LogP) is 3.19. The summed E-state index contributed by atoms with van der Waals surface area (Å²) in [5, 5.41) is 3.04. The molecule has 1 aromatic rings. The molecule has 0 radical (unpaired) electrons. The molecule has 6 heteroatoms. The maximum absolute atomic E-state index is 12.2. The molecule has 0 aromatic carbocycles. The number of amides is 1. The van der Waals surface area contributed by atoms with Gasteiger partial charge in [0, 0.05) is 23.7 Å². The smallest absolute Gasteiger partial charge is 0.407 e. The van der Waals surface area contributed by atoms with E-state index < -0.39 is 5.60 Å². The molecule has 2 aliphatic rings. The lowest BCUT2D eigenvalue weighted by Gasteiger charge is -2.42. The van der Waals surface area contributed by atoms with Crippen LogP contribution in [0.25, 0.3) is 0 Å². The molecular weight excluding hydrogens is 306 g/mol. The quantitative estimate of drug-likeness (QED) is 0.868. The molecule has 1 spiro atoms. The monoisotopic (exact) mass is 333 g/mol. The number of nitrogens with one attached hydrogen (secondary N) is 1. The highest BCUT2D eigenvalue weighted by atomic mass is 16.6. The Labute approximate surface area is 143 Å². The van der Waals surface area contributed by atoms with Gasteiger partial charge in [-0.1, -0.05) is 6.92 Å². The van der Waals surface area contributed by atoms with Crippen LogP contribution in [0.15, 0.2) is 18.5 Å². The number of pyridine rings is 1. The van der Waals surface area contributed by atoms with Crippen molar-refractivity contribution in [3.05, 3.63) is 24.0 Å². The number of nitrogen functional groups attached to an aromatic ring is 1. The average molecular weight is 333 g/mol. The van der Waals surface area contributed by atoms with E-state index in [0.717, 1.165) is 18.4 Å². The molecule has 132 valence electrons. The van der Waals surface area contributed by atoms with Crippen molar-refractivity contribution < 1.29 is 14.3 Å². The number of hydrogen-bond donors (Lipinski definition) is 2. The SMILES string of the molecule is C[C@@H]1[C@H](NC(=O)OC(C)(C)C)C[C@H](c2ccncc2N)OC12CC2. The van der Waals surface area contributed by atoms with E-state index in [-0.39, 0.29) is 29.8 Å². The topological polar surface area (TPSA) is 86.5 Å². The second-order valence-corrected chi connectivity index (χ2v) is 7.95. The molecule has 2 heterocycles. The molecule has 3 atom stereocenters. The highest BCUT2D eigenvalue weighted by Crippen LogP contribution is 2.55. The summed E-state index contributed by atoms with van der Waals surface area (Å²) in [5.74, 6) is 0.240. The van der Waals surface area contributed by atoms with Crippen LogP contribution >= 0.6 is 0 Å². The van der Waals surface area contributed by atoms with Gasteiger partial charge in [0.05, 0.1) is 23.6 Å². The van der Waals surface area contributed by atoms with Crippen LogP contribution in [0.3, 0.4) is 0 Å². The zero-order chi connectivity index (χ0) is 17.5. The number of hydrogen-bond acceptors (Lipinski definition) is 5. The van der Waals surface area contributed by atoms with Crippen molar-refractivity contribution >= 4 is 11.8 Å². The van der Waals surface area contributed by atoms with Crippen LogP contribution in [0.4, 0.5) is 10.5 Å². The summed E-state index contributed by atoms with van der Waals surface area (Å²) in [6, 6.07) is 1.89. The Morgan fingerprint density at radius 1 is 1.46 bits per heavy atom. The molecule has 3 N–H and O–H groups in total. The lowest BCUT2D eigenvalue weighted by Crippen LogP contribution is -2.51. The van der Waals surface area contributed by atoms with Crippen molar-refractivity contribution in [2.45, 2.75) is 70.3 Å². The minimum absolute atomic E-state index is 0.00587. The molecule has 2 fully saturated rings. The second-order valence-electron chi connectivity index (χ2n) is 7.95. The van der Waals surface area contributed by atoms with Crippen LogP contribution in [-0.2, 0) is 9.47 Å². The molecule has 1 aromatic heterocycles. The van der Waals surface area contributed by atoms with E-state index in [9.17, 15) is 4.79 Å². The average Bonchev–Trinajstić information content (AvgIpc) is 3.23. The van der Waals surface area contributed by atoms with Crippen molar-refractivity contribution in [3.8, 4) is 0 Å². The van der Waals surface area contributed by atoms with Gasteiger partial charge in [0.1, 0.15) is 5.60 Å². The highest BCUT2D eigenvalue weighted by Gasteiger charge is 2.56. The number of nitrogens with zero attached hydrogens (tertiary/aromatic N) is 1. The van der Waals surface area contributed by atoms with Crippen molar-refractivity contribution in [2.75, 3.05) is 5.73 Å². The summed E-state index contributed by atoms with van der Waals surface area (Å²) in [7, 11) is 0. The fraction of sp³-hybridized carbons (Fsp3) is 0.667. The van der Waals surface area contributed by atoms with Gasteiger partial charge >= 0.3 is 6.09 Å². The largest absolute Gasteiger partial charge is 0.444 e. The maximum atomic E-state index is 12.2. The number of rotatable bonds is 2. The molecular formula is C18H27N3O3. The highest BCUT2D eigenvalue weighted by molar-refractivity contribution is 5.68. The first-order chi connectivity index (χ1) is 11.2. The van der Waals surface area contributed by atoms with Crippen LogP contribution in [0.1, 0.15) is 58.6 Å². The van der Waals surface area contributed by atoms with Crippen LogP contribution in [0.2, 0.25) is 0 Å².